The molecule has 0 saturated heterocycles. The molecule has 0 bridgehead atoms. The largest absolute Gasteiger partial charge is 0.491 e. The summed E-state index contributed by atoms with van der Waals surface area (Å²) in [6.45, 7) is 0. The maximum absolute atomic E-state index is 14.4. The second kappa shape index (κ2) is 5.07. The van der Waals surface area contributed by atoms with Crippen molar-refractivity contribution in [2.24, 2.45) is 0 Å². The van der Waals surface area contributed by atoms with Gasteiger partial charge in [0, 0.05) is 9.86 Å². The molecule has 3 aromatic rings. The standard InChI is InChI=1S/C14H8BrF3N2O/c1-21-14-10(17)4-7-6-19-20(13(7)12(14)18)11-3-2-8(15)5-9(11)16/h2-6H,1H3. The summed E-state index contributed by atoms with van der Waals surface area (Å²) in [6.07, 6.45) is 1.27. The lowest BCUT2D eigenvalue weighted by Crippen LogP contribution is -2.02. The molecular formula is C14H8BrF3N2O. The van der Waals surface area contributed by atoms with Gasteiger partial charge >= 0.3 is 0 Å². The lowest BCUT2D eigenvalue weighted by atomic mass is 10.2. The summed E-state index contributed by atoms with van der Waals surface area (Å²) < 4.78 is 48.3. The molecule has 0 spiro atoms. The van der Waals surface area contributed by atoms with Crippen LogP contribution in [0.25, 0.3) is 16.6 Å². The van der Waals surface area contributed by atoms with Crippen LogP contribution in [0.4, 0.5) is 13.2 Å². The first-order valence-electron chi connectivity index (χ1n) is 5.88. The van der Waals surface area contributed by atoms with Crippen molar-refractivity contribution in [2.75, 3.05) is 7.11 Å². The Morgan fingerprint density at radius 2 is 1.90 bits per heavy atom. The van der Waals surface area contributed by atoms with Crippen LogP contribution in [0.2, 0.25) is 0 Å². The van der Waals surface area contributed by atoms with Crippen LogP contribution in [0.1, 0.15) is 0 Å². The van der Waals surface area contributed by atoms with E-state index in [1.807, 2.05) is 0 Å². The quantitative estimate of drug-likeness (QED) is 0.687. The van der Waals surface area contributed by atoms with Crippen LogP contribution in [0, 0.1) is 17.5 Å². The molecule has 0 aliphatic heterocycles. The Balaban J connectivity index is 2.34. The van der Waals surface area contributed by atoms with Crippen molar-refractivity contribution >= 4 is 26.8 Å². The van der Waals surface area contributed by atoms with E-state index in [1.54, 1.807) is 6.07 Å². The minimum Gasteiger partial charge on any atom is -0.491 e. The number of fused-ring (bicyclic) bond motifs is 1. The summed E-state index contributed by atoms with van der Waals surface area (Å²) in [5.74, 6) is -2.87. The van der Waals surface area contributed by atoms with Gasteiger partial charge in [0.15, 0.2) is 17.4 Å². The van der Waals surface area contributed by atoms with E-state index >= 15 is 0 Å². The van der Waals surface area contributed by atoms with Gasteiger partial charge in [0.05, 0.1) is 13.3 Å². The molecule has 1 aromatic heterocycles. The Kier molecular flexibility index (Phi) is 3.36. The van der Waals surface area contributed by atoms with Crippen LogP contribution in [0.5, 0.6) is 5.75 Å². The summed E-state index contributed by atoms with van der Waals surface area (Å²) in [7, 11) is 1.16. The molecule has 0 fully saturated rings. The van der Waals surface area contributed by atoms with E-state index in [1.165, 1.54) is 18.3 Å². The van der Waals surface area contributed by atoms with E-state index in [2.05, 4.69) is 21.0 Å². The second-order valence-electron chi connectivity index (χ2n) is 4.30. The summed E-state index contributed by atoms with van der Waals surface area (Å²) in [5, 5.41) is 4.15. The third-order valence-electron chi connectivity index (χ3n) is 3.05. The fourth-order valence-corrected chi connectivity index (χ4v) is 2.46. The molecule has 0 saturated carbocycles. The summed E-state index contributed by atoms with van der Waals surface area (Å²) in [5.41, 5.74) is 0.00948. The molecule has 1 heterocycles. The number of rotatable bonds is 2. The smallest absolute Gasteiger partial charge is 0.194 e. The first kappa shape index (κ1) is 13.9. The topological polar surface area (TPSA) is 27.1 Å². The summed E-state index contributed by atoms with van der Waals surface area (Å²) in [6, 6.07) is 5.38. The highest BCUT2D eigenvalue weighted by Gasteiger charge is 2.20. The Bertz CT molecular complexity index is 848. The third-order valence-corrected chi connectivity index (χ3v) is 3.54. The highest BCUT2D eigenvalue weighted by molar-refractivity contribution is 9.10. The molecule has 0 aliphatic carbocycles. The van der Waals surface area contributed by atoms with Crippen molar-refractivity contribution in [3.63, 3.8) is 0 Å². The van der Waals surface area contributed by atoms with E-state index in [9.17, 15) is 13.2 Å². The van der Waals surface area contributed by atoms with E-state index in [4.69, 9.17) is 4.74 Å². The average Bonchev–Trinajstić information content (AvgIpc) is 2.83. The zero-order valence-electron chi connectivity index (χ0n) is 10.7. The van der Waals surface area contributed by atoms with Gasteiger partial charge < -0.3 is 4.74 Å². The maximum atomic E-state index is 14.4. The van der Waals surface area contributed by atoms with Gasteiger partial charge in [-0.1, -0.05) is 15.9 Å². The molecule has 108 valence electrons. The predicted octanol–water partition coefficient (Wildman–Crippen LogP) is 4.21. The molecule has 0 aliphatic rings. The molecular weight excluding hydrogens is 349 g/mol. The van der Waals surface area contributed by atoms with E-state index < -0.39 is 23.2 Å². The number of hydrogen-bond acceptors (Lipinski definition) is 2. The highest BCUT2D eigenvalue weighted by atomic mass is 79.9. The first-order chi connectivity index (χ1) is 10.0. The molecule has 0 N–H and O–H groups in total. The Morgan fingerprint density at radius 3 is 2.57 bits per heavy atom. The van der Waals surface area contributed by atoms with Crippen LogP contribution >= 0.6 is 15.9 Å². The number of nitrogens with zero attached hydrogens (tertiary/aromatic N) is 2. The molecule has 0 unspecified atom stereocenters. The summed E-state index contributed by atoms with van der Waals surface area (Å²) in [4.78, 5) is 0. The maximum Gasteiger partial charge on any atom is 0.194 e. The van der Waals surface area contributed by atoms with Crippen molar-refractivity contribution in [1.82, 2.24) is 9.78 Å². The molecule has 2 aromatic carbocycles. The van der Waals surface area contributed by atoms with E-state index in [0.717, 1.165) is 17.9 Å². The van der Waals surface area contributed by atoms with Crippen molar-refractivity contribution in [2.45, 2.75) is 0 Å². The number of aromatic nitrogens is 2. The van der Waals surface area contributed by atoms with Crippen LogP contribution in [0.15, 0.2) is 34.9 Å². The van der Waals surface area contributed by atoms with E-state index in [0.29, 0.717) is 4.47 Å². The van der Waals surface area contributed by atoms with Crippen molar-refractivity contribution < 1.29 is 17.9 Å². The normalized spacial score (nSPS) is 11.1. The zero-order chi connectivity index (χ0) is 15.1. The fourth-order valence-electron chi connectivity index (χ4n) is 2.12. The molecule has 0 atom stereocenters. The molecule has 3 nitrogen and oxygen atoms in total. The average molecular weight is 357 g/mol. The monoisotopic (exact) mass is 356 g/mol. The Hall–Kier alpha value is -2.02. The Morgan fingerprint density at radius 1 is 1.14 bits per heavy atom. The molecule has 0 radical (unpaired) electrons. The third kappa shape index (κ3) is 2.17. The van der Waals surface area contributed by atoms with Crippen molar-refractivity contribution in [3.8, 4) is 11.4 Å². The van der Waals surface area contributed by atoms with Gasteiger partial charge in [-0.3, -0.25) is 0 Å². The Labute approximate surface area is 126 Å². The van der Waals surface area contributed by atoms with Gasteiger partial charge in [-0.05, 0) is 24.3 Å². The minimum absolute atomic E-state index is 0.0468. The van der Waals surface area contributed by atoms with Crippen LogP contribution in [-0.2, 0) is 0 Å². The fraction of sp³-hybridized carbons (Fsp3) is 0.0714. The van der Waals surface area contributed by atoms with Gasteiger partial charge in [-0.15, -0.1) is 0 Å². The van der Waals surface area contributed by atoms with Crippen LogP contribution in [0.3, 0.4) is 0 Å². The van der Waals surface area contributed by atoms with Crippen LogP contribution in [-0.4, -0.2) is 16.9 Å². The number of methoxy groups -OCH3 is 1. The first-order valence-corrected chi connectivity index (χ1v) is 6.67. The van der Waals surface area contributed by atoms with Gasteiger partial charge in [0.25, 0.3) is 0 Å². The number of hydrogen-bond donors (Lipinski definition) is 0. The lowest BCUT2D eigenvalue weighted by Gasteiger charge is -2.09. The zero-order valence-corrected chi connectivity index (χ0v) is 12.3. The summed E-state index contributed by atoms with van der Waals surface area (Å²) >= 11 is 3.14. The second-order valence-corrected chi connectivity index (χ2v) is 5.21. The number of halogens is 4. The molecule has 21 heavy (non-hydrogen) atoms. The predicted molar refractivity (Wildman–Crippen MR) is 75.2 cm³/mol. The van der Waals surface area contributed by atoms with Gasteiger partial charge in [0.1, 0.15) is 17.0 Å². The van der Waals surface area contributed by atoms with Crippen molar-refractivity contribution in [3.05, 3.63) is 52.4 Å². The van der Waals surface area contributed by atoms with Gasteiger partial charge in [-0.25, -0.2) is 17.9 Å². The molecule has 0 amide bonds. The highest BCUT2D eigenvalue weighted by Crippen LogP contribution is 2.31. The van der Waals surface area contributed by atoms with Gasteiger partial charge in [-0.2, -0.15) is 5.10 Å². The number of benzene rings is 2. The molecule has 7 heteroatoms. The van der Waals surface area contributed by atoms with Crippen LogP contribution < -0.4 is 4.74 Å². The lowest BCUT2D eigenvalue weighted by molar-refractivity contribution is 0.362. The minimum atomic E-state index is -0.924. The van der Waals surface area contributed by atoms with Gasteiger partial charge in [0.2, 0.25) is 0 Å². The molecule has 3 rings (SSSR count). The van der Waals surface area contributed by atoms with Crippen molar-refractivity contribution in [1.29, 1.82) is 0 Å². The SMILES string of the molecule is COc1c(F)cc2cnn(-c3ccc(Br)cc3F)c2c1F. The number of ether oxygens (including phenoxy) is 1. The van der Waals surface area contributed by atoms with E-state index in [-0.39, 0.29) is 16.6 Å².